The normalized spacial score (nSPS) is 20.6. The zero-order valence-electron chi connectivity index (χ0n) is 17.6. The molecule has 0 radical (unpaired) electrons. The molecule has 1 fully saturated rings. The van der Waals surface area contributed by atoms with E-state index in [0.717, 1.165) is 17.4 Å². The van der Waals surface area contributed by atoms with Gasteiger partial charge >= 0.3 is 0 Å². The summed E-state index contributed by atoms with van der Waals surface area (Å²) in [6.45, 7) is 4.76. The summed E-state index contributed by atoms with van der Waals surface area (Å²) in [4.78, 5) is 2.88. The van der Waals surface area contributed by atoms with Crippen LogP contribution in [0, 0.1) is 23.2 Å². The van der Waals surface area contributed by atoms with Crippen molar-refractivity contribution in [3.63, 3.8) is 0 Å². The zero-order chi connectivity index (χ0) is 20.2. The van der Waals surface area contributed by atoms with Gasteiger partial charge in [-0.3, -0.25) is 0 Å². The molecular formula is C26H31NS2. The van der Waals surface area contributed by atoms with Crippen LogP contribution in [0.5, 0.6) is 0 Å². The topological polar surface area (TPSA) is 23.8 Å². The van der Waals surface area contributed by atoms with Crippen LogP contribution in [-0.4, -0.2) is 0 Å². The highest BCUT2D eigenvalue weighted by molar-refractivity contribution is 7.29. The summed E-state index contributed by atoms with van der Waals surface area (Å²) in [7, 11) is 0. The highest BCUT2D eigenvalue weighted by Crippen LogP contribution is 2.45. The van der Waals surface area contributed by atoms with Crippen LogP contribution >= 0.6 is 22.7 Å². The Morgan fingerprint density at radius 2 is 1.72 bits per heavy atom. The number of fused-ring (bicyclic) bond motifs is 1. The molecule has 0 N–H and O–H groups in total. The van der Waals surface area contributed by atoms with Gasteiger partial charge in [0.2, 0.25) is 0 Å². The molecule has 0 aliphatic heterocycles. The molecule has 1 aromatic carbocycles. The van der Waals surface area contributed by atoms with Crippen molar-refractivity contribution in [3.05, 3.63) is 46.8 Å². The number of hydrogen-bond acceptors (Lipinski definition) is 3. The molecule has 152 valence electrons. The third-order valence-corrected chi connectivity index (χ3v) is 9.33. The van der Waals surface area contributed by atoms with Crippen LogP contribution in [0.1, 0.15) is 81.6 Å². The number of nitriles is 1. The van der Waals surface area contributed by atoms with E-state index in [0.29, 0.717) is 5.92 Å². The van der Waals surface area contributed by atoms with Gasteiger partial charge in [0.1, 0.15) is 0 Å². The van der Waals surface area contributed by atoms with Gasteiger partial charge in [0.25, 0.3) is 0 Å². The summed E-state index contributed by atoms with van der Waals surface area (Å²) in [5.74, 6) is 2.55. The van der Waals surface area contributed by atoms with Crippen LogP contribution in [0.25, 0.3) is 19.8 Å². The van der Waals surface area contributed by atoms with Crippen molar-refractivity contribution >= 4 is 32.1 Å². The smallest absolute Gasteiger partial charge is 0.0991 e. The van der Waals surface area contributed by atoms with Gasteiger partial charge < -0.3 is 0 Å². The van der Waals surface area contributed by atoms with Gasteiger partial charge in [0.15, 0.2) is 0 Å². The molecule has 1 aliphatic carbocycles. The summed E-state index contributed by atoms with van der Waals surface area (Å²) in [6, 6.07) is 14.9. The summed E-state index contributed by atoms with van der Waals surface area (Å²) in [6.07, 6.45) is 11.4. The summed E-state index contributed by atoms with van der Waals surface area (Å²) in [5, 5.41) is 8.99. The van der Waals surface area contributed by atoms with Gasteiger partial charge in [-0.15, -0.1) is 22.7 Å². The standard InChI is InChI=1S/C26H31NS2/c1-3-4-5-6-19-7-11-21(12-8-19)18(2)23-15-25-26(28-23)16-24(29-25)22-13-9-20(17-27)10-14-22/h9-10,13-16,18-19,21H,3-8,11-12H2,1-2H3. The quantitative estimate of drug-likeness (QED) is 0.349. The molecule has 0 saturated heterocycles. The summed E-state index contributed by atoms with van der Waals surface area (Å²) in [5.41, 5.74) is 1.94. The molecule has 0 bridgehead atoms. The Hall–Kier alpha value is -1.63. The van der Waals surface area contributed by atoms with Crippen molar-refractivity contribution < 1.29 is 0 Å². The third kappa shape index (κ3) is 4.76. The largest absolute Gasteiger partial charge is 0.192 e. The minimum atomic E-state index is 0.689. The van der Waals surface area contributed by atoms with Crippen LogP contribution < -0.4 is 0 Å². The fraction of sp³-hybridized carbons (Fsp3) is 0.500. The molecule has 1 saturated carbocycles. The second-order valence-corrected chi connectivity index (χ2v) is 10.9. The predicted octanol–water partition coefficient (Wildman–Crippen LogP) is 8.99. The molecule has 1 atom stereocenters. The molecule has 1 unspecified atom stereocenters. The van der Waals surface area contributed by atoms with Crippen LogP contribution in [0.15, 0.2) is 36.4 Å². The Balaban J connectivity index is 1.39. The predicted molar refractivity (Wildman–Crippen MR) is 128 cm³/mol. The van der Waals surface area contributed by atoms with Crippen molar-refractivity contribution in [1.82, 2.24) is 0 Å². The molecule has 2 aromatic heterocycles. The molecule has 0 spiro atoms. The maximum Gasteiger partial charge on any atom is 0.0991 e. The van der Waals surface area contributed by atoms with E-state index in [4.69, 9.17) is 5.26 Å². The van der Waals surface area contributed by atoms with Crippen LogP contribution in [-0.2, 0) is 0 Å². The van der Waals surface area contributed by atoms with Gasteiger partial charge in [0, 0.05) is 19.2 Å². The molecule has 2 heterocycles. The van der Waals surface area contributed by atoms with E-state index in [-0.39, 0.29) is 0 Å². The van der Waals surface area contributed by atoms with E-state index >= 15 is 0 Å². The first-order chi connectivity index (χ1) is 14.2. The number of nitrogens with zero attached hydrogens (tertiary/aromatic N) is 1. The van der Waals surface area contributed by atoms with Crippen molar-refractivity contribution in [1.29, 1.82) is 5.26 Å². The average Bonchev–Trinajstić information content (AvgIpc) is 3.33. The van der Waals surface area contributed by atoms with Crippen molar-refractivity contribution in [3.8, 4) is 16.5 Å². The first kappa shape index (κ1) is 20.6. The van der Waals surface area contributed by atoms with Crippen LogP contribution in [0.4, 0.5) is 0 Å². The van der Waals surface area contributed by atoms with E-state index in [9.17, 15) is 0 Å². The molecule has 3 heteroatoms. The Labute approximate surface area is 183 Å². The van der Waals surface area contributed by atoms with Gasteiger partial charge in [-0.2, -0.15) is 5.26 Å². The lowest BCUT2D eigenvalue weighted by Crippen LogP contribution is -2.18. The molecule has 1 nitrogen and oxygen atoms in total. The molecule has 4 rings (SSSR count). The van der Waals surface area contributed by atoms with E-state index in [1.54, 1.807) is 4.88 Å². The van der Waals surface area contributed by atoms with E-state index in [2.05, 4.69) is 44.2 Å². The molecule has 1 aliphatic rings. The summed E-state index contributed by atoms with van der Waals surface area (Å²) < 4.78 is 2.84. The highest BCUT2D eigenvalue weighted by Gasteiger charge is 2.27. The number of rotatable bonds is 7. The van der Waals surface area contributed by atoms with Crippen LogP contribution in [0.2, 0.25) is 0 Å². The average molecular weight is 422 g/mol. The Morgan fingerprint density at radius 1 is 1.00 bits per heavy atom. The van der Waals surface area contributed by atoms with Crippen molar-refractivity contribution in [2.75, 3.05) is 0 Å². The van der Waals surface area contributed by atoms with Crippen molar-refractivity contribution in [2.45, 2.75) is 71.1 Å². The second-order valence-electron chi connectivity index (χ2n) is 8.74. The molecule has 0 amide bonds. The summed E-state index contributed by atoms with van der Waals surface area (Å²) >= 11 is 3.89. The number of benzene rings is 1. The van der Waals surface area contributed by atoms with E-state index in [1.807, 2.05) is 34.8 Å². The van der Waals surface area contributed by atoms with Gasteiger partial charge in [-0.1, -0.05) is 64.5 Å². The molecule has 3 aromatic rings. The SMILES string of the molecule is CCCCCC1CCC(C(C)c2cc3sc(-c4ccc(C#N)cc4)cc3s2)CC1. The lowest BCUT2D eigenvalue weighted by molar-refractivity contribution is 0.237. The molecule has 29 heavy (non-hydrogen) atoms. The highest BCUT2D eigenvalue weighted by atomic mass is 32.1. The number of thiophene rings is 2. The Bertz CT molecular complexity index is 933. The Kier molecular flexibility index (Phi) is 6.73. The minimum Gasteiger partial charge on any atom is -0.192 e. The third-order valence-electron chi connectivity index (χ3n) is 6.79. The monoisotopic (exact) mass is 421 g/mol. The van der Waals surface area contributed by atoms with Gasteiger partial charge in [-0.25, -0.2) is 0 Å². The lowest BCUT2D eigenvalue weighted by atomic mass is 9.74. The first-order valence-corrected chi connectivity index (χ1v) is 12.8. The van der Waals surface area contributed by atoms with E-state index < -0.39 is 0 Å². The first-order valence-electron chi connectivity index (χ1n) is 11.2. The number of unbranched alkanes of at least 4 members (excludes halogenated alkanes) is 2. The van der Waals surface area contributed by atoms with E-state index in [1.165, 1.54) is 71.2 Å². The Morgan fingerprint density at radius 3 is 2.38 bits per heavy atom. The molecular weight excluding hydrogens is 390 g/mol. The number of hydrogen-bond donors (Lipinski definition) is 0. The van der Waals surface area contributed by atoms with Gasteiger partial charge in [-0.05, 0) is 60.4 Å². The van der Waals surface area contributed by atoms with Crippen molar-refractivity contribution in [2.24, 2.45) is 11.8 Å². The fourth-order valence-electron chi connectivity index (χ4n) is 4.82. The lowest BCUT2D eigenvalue weighted by Gasteiger charge is -2.32. The van der Waals surface area contributed by atoms with Crippen LogP contribution in [0.3, 0.4) is 0 Å². The second kappa shape index (κ2) is 9.45. The van der Waals surface area contributed by atoms with Gasteiger partial charge in [0.05, 0.1) is 11.6 Å². The maximum atomic E-state index is 8.99. The minimum absolute atomic E-state index is 0.689. The zero-order valence-corrected chi connectivity index (χ0v) is 19.2. The fourth-order valence-corrected chi connectivity index (χ4v) is 7.38. The maximum absolute atomic E-state index is 8.99.